The van der Waals surface area contributed by atoms with Crippen molar-refractivity contribution < 1.29 is 9.84 Å². The average Bonchev–Trinajstić information content (AvgIpc) is 2.28. The quantitative estimate of drug-likeness (QED) is 0.778. The molecule has 16 heavy (non-hydrogen) atoms. The van der Waals surface area contributed by atoms with E-state index in [-0.39, 0.29) is 18.8 Å². The fourth-order valence-electron chi connectivity index (χ4n) is 3.21. The number of aliphatic hydroxyl groups excluding tert-OH is 1. The van der Waals surface area contributed by atoms with Gasteiger partial charge in [-0.3, -0.25) is 4.90 Å². The van der Waals surface area contributed by atoms with Crippen LogP contribution in [0.25, 0.3) is 0 Å². The van der Waals surface area contributed by atoms with Gasteiger partial charge in [-0.05, 0) is 25.7 Å². The second-order valence-electron chi connectivity index (χ2n) is 5.63. The van der Waals surface area contributed by atoms with Crippen LogP contribution in [0, 0.1) is 5.92 Å². The first-order valence-electron chi connectivity index (χ1n) is 6.69. The number of aliphatic hydroxyl groups is 1. The maximum absolute atomic E-state index is 9.23. The third-order valence-electron chi connectivity index (χ3n) is 3.98. The maximum Gasteiger partial charge on any atom is 0.0936 e. The van der Waals surface area contributed by atoms with E-state index in [0.29, 0.717) is 0 Å². The first kappa shape index (κ1) is 12.3. The Balaban J connectivity index is 1.91. The SMILES string of the molecule is CC1CCCC(N2CC(C)OC(CO)C2)C1. The van der Waals surface area contributed by atoms with E-state index in [1.54, 1.807) is 0 Å². The fraction of sp³-hybridized carbons (Fsp3) is 1.00. The molecule has 1 heterocycles. The molecule has 1 saturated heterocycles. The van der Waals surface area contributed by atoms with E-state index in [4.69, 9.17) is 4.74 Å². The summed E-state index contributed by atoms with van der Waals surface area (Å²) >= 11 is 0. The highest BCUT2D eigenvalue weighted by atomic mass is 16.5. The van der Waals surface area contributed by atoms with Crippen molar-refractivity contribution in [1.82, 2.24) is 4.90 Å². The molecule has 0 bridgehead atoms. The van der Waals surface area contributed by atoms with Gasteiger partial charge in [-0.15, -0.1) is 0 Å². The van der Waals surface area contributed by atoms with E-state index >= 15 is 0 Å². The lowest BCUT2D eigenvalue weighted by Crippen LogP contribution is -2.52. The predicted octanol–water partition coefficient (Wildman–Crippen LogP) is 1.65. The molecule has 2 fully saturated rings. The van der Waals surface area contributed by atoms with E-state index < -0.39 is 0 Å². The van der Waals surface area contributed by atoms with Crippen LogP contribution in [-0.2, 0) is 4.74 Å². The maximum atomic E-state index is 9.23. The molecule has 2 rings (SSSR count). The highest BCUT2D eigenvalue weighted by Crippen LogP contribution is 2.29. The summed E-state index contributed by atoms with van der Waals surface area (Å²) in [6.07, 6.45) is 5.70. The lowest BCUT2D eigenvalue weighted by atomic mass is 9.86. The molecule has 1 aliphatic carbocycles. The summed E-state index contributed by atoms with van der Waals surface area (Å²) in [5, 5.41) is 9.23. The highest BCUT2D eigenvalue weighted by molar-refractivity contribution is 4.84. The Bertz CT molecular complexity index is 222. The minimum Gasteiger partial charge on any atom is -0.394 e. The number of morpholine rings is 1. The summed E-state index contributed by atoms with van der Waals surface area (Å²) in [5.41, 5.74) is 0. The number of hydrogen-bond donors (Lipinski definition) is 1. The van der Waals surface area contributed by atoms with Gasteiger partial charge in [0.1, 0.15) is 0 Å². The monoisotopic (exact) mass is 227 g/mol. The normalized spacial score (nSPS) is 42.2. The third kappa shape index (κ3) is 2.96. The Morgan fingerprint density at radius 3 is 2.75 bits per heavy atom. The van der Waals surface area contributed by atoms with E-state index in [0.717, 1.165) is 25.0 Å². The molecule has 1 N–H and O–H groups in total. The van der Waals surface area contributed by atoms with E-state index in [9.17, 15) is 5.11 Å². The molecule has 3 nitrogen and oxygen atoms in total. The molecule has 0 amide bonds. The van der Waals surface area contributed by atoms with Crippen molar-refractivity contribution in [3.63, 3.8) is 0 Å². The molecule has 0 radical (unpaired) electrons. The van der Waals surface area contributed by atoms with Crippen LogP contribution in [0.1, 0.15) is 39.5 Å². The van der Waals surface area contributed by atoms with Crippen molar-refractivity contribution in [1.29, 1.82) is 0 Å². The molecule has 0 aromatic carbocycles. The highest BCUT2D eigenvalue weighted by Gasteiger charge is 2.31. The van der Waals surface area contributed by atoms with Gasteiger partial charge in [0.2, 0.25) is 0 Å². The van der Waals surface area contributed by atoms with Crippen molar-refractivity contribution in [2.24, 2.45) is 5.92 Å². The van der Waals surface area contributed by atoms with Gasteiger partial charge in [-0.2, -0.15) is 0 Å². The molecule has 0 spiro atoms. The molecular formula is C13H25NO2. The topological polar surface area (TPSA) is 32.7 Å². The zero-order chi connectivity index (χ0) is 11.5. The van der Waals surface area contributed by atoms with Crippen molar-refractivity contribution in [2.45, 2.75) is 57.8 Å². The number of hydrogen-bond acceptors (Lipinski definition) is 3. The average molecular weight is 227 g/mol. The zero-order valence-corrected chi connectivity index (χ0v) is 10.6. The van der Waals surface area contributed by atoms with Gasteiger partial charge in [-0.1, -0.05) is 19.8 Å². The summed E-state index contributed by atoms with van der Waals surface area (Å²) in [6, 6.07) is 0.726. The van der Waals surface area contributed by atoms with E-state index in [2.05, 4.69) is 18.7 Å². The minimum absolute atomic E-state index is 0.0287. The van der Waals surface area contributed by atoms with Crippen molar-refractivity contribution in [3.05, 3.63) is 0 Å². The zero-order valence-electron chi connectivity index (χ0n) is 10.6. The molecule has 0 aromatic rings. The van der Waals surface area contributed by atoms with Crippen LogP contribution in [0.4, 0.5) is 0 Å². The van der Waals surface area contributed by atoms with Crippen LogP contribution in [0.15, 0.2) is 0 Å². The van der Waals surface area contributed by atoms with E-state index in [1.807, 2.05) is 0 Å². The van der Waals surface area contributed by atoms with E-state index in [1.165, 1.54) is 25.7 Å². The van der Waals surface area contributed by atoms with Crippen molar-refractivity contribution in [3.8, 4) is 0 Å². The first-order chi connectivity index (χ1) is 7.69. The molecule has 3 heteroatoms. The lowest BCUT2D eigenvalue weighted by Gasteiger charge is -2.43. The summed E-state index contributed by atoms with van der Waals surface area (Å²) in [4.78, 5) is 2.55. The van der Waals surface area contributed by atoms with Crippen LogP contribution in [0.3, 0.4) is 0 Å². The predicted molar refractivity (Wildman–Crippen MR) is 64.4 cm³/mol. The number of nitrogens with zero attached hydrogens (tertiary/aromatic N) is 1. The third-order valence-corrected chi connectivity index (χ3v) is 3.98. The van der Waals surface area contributed by atoms with Gasteiger partial charge < -0.3 is 9.84 Å². The Kier molecular flexibility index (Phi) is 4.22. The van der Waals surface area contributed by atoms with Gasteiger partial charge in [0.05, 0.1) is 18.8 Å². The minimum atomic E-state index is 0.0287. The second-order valence-corrected chi connectivity index (χ2v) is 5.63. The van der Waals surface area contributed by atoms with Crippen molar-refractivity contribution in [2.75, 3.05) is 19.7 Å². The van der Waals surface area contributed by atoms with Crippen LogP contribution in [0.5, 0.6) is 0 Å². The Morgan fingerprint density at radius 2 is 2.06 bits per heavy atom. The van der Waals surface area contributed by atoms with Gasteiger partial charge in [0.15, 0.2) is 0 Å². The molecular weight excluding hydrogens is 202 g/mol. The molecule has 1 saturated carbocycles. The summed E-state index contributed by atoms with van der Waals surface area (Å²) in [6.45, 7) is 6.58. The number of rotatable bonds is 2. The van der Waals surface area contributed by atoms with Gasteiger partial charge in [0, 0.05) is 19.1 Å². The summed E-state index contributed by atoms with van der Waals surface area (Å²) < 4.78 is 5.69. The molecule has 4 unspecified atom stereocenters. The van der Waals surface area contributed by atoms with Crippen molar-refractivity contribution >= 4 is 0 Å². The molecule has 0 aromatic heterocycles. The molecule has 94 valence electrons. The van der Waals surface area contributed by atoms with Crippen LogP contribution in [-0.4, -0.2) is 48.0 Å². The lowest BCUT2D eigenvalue weighted by molar-refractivity contribution is -0.109. The van der Waals surface area contributed by atoms with Crippen LogP contribution >= 0.6 is 0 Å². The van der Waals surface area contributed by atoms with Crippen LogP contribution in [0.2, 0.25) is 0 Å². The van der Waals surface area contributed by atoms with Gasteiger partial charge >= 0.3 is 0 Å². The molecule has 1 aliphatic heterocycles. The largest absolute Gasteiger partial charge is 0.394 e. The molecule has 2 aliphatic rings. The first-order valence-corrected chi connectivity index (χ1v) is 6.69. The summed E-state index contributed by atoms with van der Waals surface area (Å²) in [5.74, 6) is 0.865. The van der Waals surface area contributed by atoms with Gasteiger partial charge in [-0.25, -0.2) is 0 Å². The standard InChI is InChI=1S/C13H25NO2/c1-10-4-3-5-12(6-10)14-7-11(2)16-13(8-14)9-15/h10-13,15H,3-9H2,1-2H3. The van der Waals surface area contributed by atoms with Crippen LogP contribution < -0.4 is 0 Å². The fourth-order valence-corrected chi connectivity index (χ4v) is 3.21. The molecule has 4 atom stereocenters. The Hall–Kier alpha value is -0.120. The Morgan fingerprint density at radius 1 is 1.25 bits per heavy atom. The Labute approximate surface area is 98.8 Å². The second kappa shape index (κ2) is 5.48. The number of ether oxygens (including phenoxy) is 1. The smallest absolute Gasteiger partial charge is 0.0936 e. The van der Waals surface area contributed by atoms with Gasteiger partial charge in [0.25, 0.3) is 0 Å². The summed E-state index contributed by atoms with van der Waals surface area (Å²) in [7, 11) is 0.